The van der Waals surface area contributed by atoms with Crippen molar-refractivity contribution in [3.8, 4) is 11.5 Å². The van der Waals surface area contributed by atoms with E-state index in [2.05, 4.69) is 4.57 Å². The highest BCUT2D eigenvalue weighted by atomic mass is 32.2. The zero-order valence-electron chi connectivity index (χ0n) is 15.0. The molecule has 1 unspecified atom stereocenters. The summed E-state index contributed by atoms with van der Waals surface area (Å²) in [5, 5.41) is 1.97. The van der Waals surface area contributed by atoms with E-state index >= 15 is 0 Å². The number of sulfonamides is 1. The molecule has 0 bridgehead atoms. The standard InChI is InChI=1S/C19H20N2O4S2/c1-24-14-7-8-16(25-2)18(13-14)27(22,23)21-11-10-20-9-3-5-15(20)19(21)17-6-4-12-26-17/h3-9,12-13,19H,10-11H2,1-2H3. The fraction of sp³-hybridized carbons (Fsp3) is 0.263. The Labute approximate surface area is 162 Å². The minimum absolute atomic E-state index is 0.117. The summed E-state index contributed by atoms with van der Waals surface area (Å²) in [4.78, 5) is 1.10. The normalized spacial score (nSPS) is 17.5. The molecule has 3 heterocycles. The van der Waals surface area contributed by atoms with Crippen LogP contribution in [0.15, 0.2) is 58.9 Å². The molecule has 1 atom stereocenters. The number of benzene rings is 1. The van der Waals surface area contributed by atoms with Crippen molar-refractivity contribution in [3.05, 3.63) is 64.6 Å². The van der Waals surface area contributed by atoms with Crippen LogP contribution in [-0.2, 0) is 16.6 Å². The van der Waals surface area contributed by atoms with Gasteiger partial charge in [-0.05, 0) is 35.7 Å². The number of ether oxygens (including phenoxy) is 2. The first-order chi connectivity index (χ1) is 13.1. The molecule has 27 heavy (non-hydrogen) atoms. The SMILES string of the molecule is COc1ccc(OC)c(S(=O)(=O)N2CCn3cccc3C2c2cccs2)c1. The van der Waals surface area contributed by atoms with Gasteiger partial charge in [0.1, 0.15) is 16.4 Å². The Bertz CT molecular complexity index is 1040. The highest BCUT2D eigenvalue weighted by molar-refractivity contribution is 7.89. The van der Waals surface area contributed by atoms with E-state index in [1.54, 1.807) is 27.8 Å². The minimum Gasteiger partial charge on any atom is -0.497 e. The number of fused-ring (bicyclic) bond motifs is 1. The van der Waals surface area contributed by atoms with Crippen LogP contribution in [0.3, 0.4) is 0 Å². The molecule has 1 aliphatic heterocycles. The van der Waals surface area contributed by atoms with Crippen LogP contribution in [0.1, 0.15) is 16.6 Å². The number of hydrogen-bond donors (Lipinski definition) is 0. The van der Waals surface area contributed by atoms with Gasteiger partial charge in [-0.25, -0.2) is 8.42 Å². The highest BCUT2D eigenvalue weighted by Gasteiger charge is 2.39. The first kappa shape index (κ1) is 18.1. The van der Waals surface area contributed by atoms with E-state index in [9.17, 15) is 8.42 Å². The van der Waals surface area contributed by atoms with Crippen LogP contribution in [-0.4, -0.2) is 38.1 Å². The van der Waals surface area contributed by atoms with Gasteiger partial charge in [0.2, 0.25) is 10.0 Å². The molecule has 0 N–H and O–H groups in total. The quantitative estimate of drug-likeness (QED) is 0.654. The van der Waals surface area contributed by atoms with Crippen molar-refractivity contribution in [2.45, 2.75) is 17.5 Å². The zero-order chi connectivity index (χ0) is 19.0. The Kier molecular flexibility index (Phi) is 4.71. The third-order valence-corrected chi connectivity index (χ3v) is 7.57. The first-order valence-electron chi connectivity index (χ1n) is 8.48. The van der Waals surface area contributed by atoms with Crippen LogP contribution in [0, 0.1) is 0 Å². The average Bonchev–Trinajstić information content (AvgIpc) is 3.38. The third-order valence-electron chi connectivity index (χ3n) is 4.76. The van der Waals surface area contributed by atoms with Crippen LogP contribution < -0.4 is 9.47 Å². The lowest BCUT2D eigenvalue weighted by Gasteiger charge is -2.35. The molecule has 0 spiro atoms. The van der Waals surface area contributed by atoms with E-state index in [0.717, 1.165) is 10.6 Å². The second-order valence-electron chi connectivity index (χ2n) is 6.18. The molecule has 0 amide bonds. The van der Waals surface area contributed by atoms with Gasteiger partial charge in [-0.15, -0.1) is 11.3 Å². The lowest BCUT2D eigenvalue weighted by atomic mass is 10.1. The molecule has 1 aromatic carbocycles. The summed E-state index contributed by atoms with van der Waals surface area (Å²) < 4.78 is 41.6. The predicted octanol–water partition coefficient (Wildman–Crippen LogP) is 3.36. The smallest absolute Gasteiger partial charge is 0.247 e. The van der Waals surface area contributed by atoms with E-state index in [1.807, 2.05) is 35.8 Å². The van der Waals surface area contributed by atoms with Crippen molar-refractivity contribution in [3.63, 3.8) is 0 Å². The van der Waals surface area contributed by atoms with E-state index in [0.29, 0.717) is 24.6 Å². The van der Waals surface area contributed by atoms with Gasteiger partial charge in [0.15, 0.2) is 0 Å². The molecular weight excluding hydrogens is 384 g/mol. The molecule has 142 valence electrons. The lowest BCUT2D eigenvalue weighted by Crippen LogP contribution is -2.42. The van der Waals surface area contributed by atoms with E-state index in [1.165, 1.54) is 20.3 Å². The Balaban J connectivity index is 1.86. The topological polar surface area (TPSA) is 60.8 Å². The molecule has 1 aliphatic rings. The molecule has 2 aromatic heterocycles. The van der Waals surface area contributed by atoms with Crippen molar-refractivity contribution in [2.75, 3.05) is 20.8 Å². The number of thiophene rings is 1. The van der Waals surface area contributed by atoms with Crippen LogP contribution >= 0.6 is 11.3 Å². The fourth-order valence-electron chi connectivity index (χ4n) is 3.47. The van der Waals surface area contributed by atoms with E-state index < -0.39 is 10.0 Å². The van der Waals surface area contributed by atoms with E-state index in [4.69, 9.17) is 9.47 Å². The minimum atomic E-state index is -3.81. The summed E-state index contributed by atoms with van der Waals surface area (Å²) in [7, 11) is -0.826. The maximum atomic E-state index is 13.7. The molecule has 0 fully saturated rings. The summed E-state index contributed by atoms with van der Waals surface area (Å²) in [5.74, 6) is 0.782. The van der Waals surface area contributed by atoms with Crippen molar-refractivity contribution in [1.29, 1.82) is 0 Å². The van der Waals surface area contributed by atoms with Gasteiger partial charge >= 0.3 is 0 Å². The van der Waals surface area contributed by atoms with Gasteiger partial charge in [-0.1, -0.05) is 6.07 Å². The van der Waals surface area contributed by atoms with Gasteiger partial charge in [-0.2, -0.15) is 4.31 Å². The summed E-state index contributed by atoms with van der Waals surface area (Å²) in [6.45, 7) is 0.989. The Morgan fingerprint density at radius 3 is 2.63 bits per heavy atom. The Hall–Kier alpha value is -2.29. The molecule has 0 saturated carbocycles. The van der Waals surface area contributed by atoms with Crippen molar-refractivity contribution in [2.24, 2.45) is 0 Å². The Morgan fingerprint density at radius 2 is 1.93 bits per heavy atom. The van der Waals surface area contributed by atoms with Crippen molar-refractivity contribution in [1.82, 2.24) is 8.87 Å². The van der Waals surface area contributed by atoms with Gasteiger partial charge in [-0.3, -0.25) is 0 Å². The number of methoxy groups -OCH3 is 2. The van der Waals surface area contributed by atoms with Crippen LogP contribution in [0.4, 0.5) is 0 Å². The maximum Gasteiger partial charge on any atom is 0.247 e. The molecular formula is C19H20N2O4S2. The molecule has 8 heteroatoms. The van der Waals surface area contributed by atoms with Gasteiger partial charge < -0.3 is 14.0 Å². The lowest BCUT2D eigenvalue weighted by molar-refractivity contribution is 0.299. The zero-order valence-corrected chi connectivity index (χ0v) is 16.7. The van der Waals surface area contributed by atoms with Crippen LogP contribution in [0.25, 0.3) is 0 Å². The number of nitrogens with zero attached hydrogens (tertiary/aromatic N) is 2. The van der Waals surface area contributed by atoms with Crippen LogP contribution in [0.2, 0.25) is 0 Å². The van der Waals surface area contributed by atoms with Gasteiger partial charge in [0.05, 0.1) is 20.3 Å². The molecule has 3 aromatic rings. The maximum absolute atomic E-state index is 13.7. The molecule has 4 rings (SSSR count). The average molecular weight is 405 g/mol. The highest BCUT2D eigenvalue weighted by Crippen LogP contribution is 2.40. The molecule has 0 saturated heterocycles. The first-order valence-corrected chi connectivity index (χ1v) is 10.8. The van der Waals surface area contributed by atoms with Gasteiger partial charge in [0, 0.05) is 35.9 Å². The second-order valence-corrected chi connectivity index (χ2v) is 9.02. The molecule has 0 radical (unpaired) electrons. The number of rotatable bonds is 5. The van der Waals surface area contributed by atoms with E-state index in [-0.39, 0.29) is 10.9 Å². The third kappa shape index (κ3) is 3.03. The number of hydrogen-bond acceptors (Lipinski definition) is 5. The second kappa shape index (κ2) is 7.03. The van der Waals surface area contributed by atoms with Crippen molar-refractivity contribution >= 4 is 21.4 Å². The summed E-state index contributed by atoms with van der Waals surface area (Å²) in [5.41, 5.74) is 0.967. The molecule has 6 nitrogen and oxygen atoms in total. The monoisotopic (exact) mass is 404 g/mol. The predicted molar refractivity (Wildman–Crippen MR) is 104 cm³/mol. The summed E-state index contributed by atoms with van der Waals surface area (Å²) >= 11 is 1.55. The Morgan fingerprint density at radius 1 is 1.07 bits per heavy atom. The largest absolute Gasteiger partial charge is 0.497 e. The fourth-order valence-corrected chi connectivity index (χ4v) is 6.13. The summed E-state index contributed by atoms with van der Waals surface area (Å²) in [6.07, 6.45) is 1.99. The summed E-state index contributed by atoms with van der Waals surface area (Å²) in [6, 6.07) is 12.3. The molecule has 0 aliphatic carbocycles. The van der Waals surface area contributed by atoms with Crippen LogP contribution in [0.5, 0.6) is 11.5 Å². The van der Waals surface area contributed by atoms with Crippen molar-refractivity contribution < 1.29 is 17.9 Å². The number of aromatic nitrogens is 1. The van der Waals surface area contributed by atoms with Gasteiger partial charge in [0.25, 0.3) is 0 Å².